The summed E-state index contributed by atoms with van der Waals surface area (Å²) < 4.78 is 56.5. The predicted octanol–water partition coefficient (Wildman–Crippen LogP) is -0.324. The molecule has 2 aliphatic heterocycles. The van der Waals surface area contributed by atoms with Gasteiger partial charge in [0.05, 0.1) is 89.3 Å². The largest absolute Gasteiger partial charge is 0.417 e. The highest BCUT2D eigenvalue weighted by molar-refractivity contribution is 5.12. The van der Waals surface area contributed by atoms with Crippen molar-refractivity contribution in [1.82, 2.24) is 29.4 Å². The first-order valence-corrected chi connectivity index (χ1v) is 10.1. The van der Waals surface area contributed by atoms with Crippen molar-refractivity contribution in [3.63, 3.8) is 0 Å². The van der Waals surface area contributed by atoms with Gasteiger partial charge in [-0.2, -0.15) is 44.7 Å². The minimum absolute atomic E-state index is 0.0863. The minimum atomic E-state index is -4.82. The van der Waals surface area contributed by atoms with E-state index in [1.807, 2.05) is 18.2 Å². The second-order valence-electron chi connectivity index (χ2n) is 7.74. The molecule has 12 nitrogen and oxygen atoms in total. The van der Waals surface area contributed by atoms with Crippen LogP contribution < -0.4 is 0 Å². The van der Waals surface area contributed by atoms with Crippen LogP contribution in [0.5, 0.6) is 0 Å². The van der Waals surface area contributed by atoms with Gasteiger partial charge in [0.25, 0.3) is 0 Å². The lowest BCUT2D eigenvalue weighted by molar-refractivity contribution is -0.254. The van der Waals surface area contributed by atoms with Crippen LogP contribution in [0.1, 0.15) is 0 Å². The quantitative estimate of drug-likeness (QED) is 0.259. The van der Waals surface area contributed by atoms with Gasteiger partial charge in [0, 0.05) is 0 Å². The number of nitrogens with zero attached hydrogens (tertiary/aromatic N) is 12. The molecule has 0 aromatic heterocycles. The first-order chi connectivity index (χ1) is 16.7. The van der Waals surface area contributed by atoms with E-state index in [1.54, 1.807) is 18.2 Å². The number of alkyl halides is 4. The van der Waals surface area contributed by atoms with Crippen LogP contribution in [-0.4, -0.2) is 113 Å². The number of halogens is 4. The Kier molecular flexibility index (Phi) is 9.66. The van der Waals surface area contributed by atoms with Crippen LogP contribution >= 0.6 is 0 Å². The molecule has 3 atom stereocenters. The van der Waals surface area contributed by atoms with Crippen molar-refractivity contribution in [2.45, 2.75) is 30.8 Å². The molecule has 0 aliphatic carbocycles. The van der Waals surface area contributed by atoms with Gasteiger partial charge in [0.2, 0.25) is 6.42 Å². The van der Waals surface area contributed by atoms with Crippen molar-refractivity contribution in [2.24, 2.45) is 0 Å². The van der Waals surface area contributed by atoms with Gasteiger partial charge in [-0.15, -0.1) is 0 Å². The SMILES string of the molecule is N#CCN1CN(CC#N)C(F)N(C(C#N)C(C#N)N2CN(CC#N)C(C(F)(F)F)N(CC#N)C2)C1. The van der Waals surface area contributed by atoms with Crippen LogP contribution in [0, 0.1) is 68.0 Å². The molecule has 0 spiro atoms. The van der Waals surface area contributed by atoms with Crippen molar-refractivity contribution in [3.8, 4) is 36.4 Å². The Morgan fingerprint density at radius 3 is 1.60 bits per heavy atom. The van der Waals surface area contributed by atoms with Crippen molar-refractivity contribution in [2.75, 3.05) is 52.9 Å². The van der Waals surface area contributed by atoms with E-state index in [1.165, 1.54) is 4.90 Å². The Bertz CT molecular complexity index is 967. The Balaban J connectivity index is 2.41. The molecule has 35 heavy (non-hydrogen) atoms. The van der Waals surface area contributed by atoms with Crippen molar-refractivity contribution >= 4 is 0 Å². The normalized spacial score (nSPS) is 23.7. The van der Waals surface area contributed by atoms with Gasteiger partial charge in [-0.3, -0.25) is 19.6 Å². The van der Waals surface area contributed by atoms with Crippen molar-refractivity contribution in [3.05, 3.63) is 0 Å². The van der Waals surface area contributed by atoms with Crippen LogP contribution in [0.25, 0.3) is 0 Å². The van der Waals surface area contributed by atoms with Gasteiger partial charge in [-0.25, -0.2) is 14.2 Å². The molecule has 2 heterocycles. The average Bonchev–Trinajstić information content (AvgIpc) is 2.79. The number of rotatable bonds is 7. The standard InChI is InChI=1S/C19H20F4N12/c20-18-33(8-4-27)11-30(5-1-24)12-35(18)16(10-29)15(9-28)34-13-31(6-2-25)17(19(21,22)23)32(14-34)7-3-26/h15-18H,5-8,11-14H2. The van der Waals surface area contributed by atoms with Crippen LogP contribution in [0.2, 0.25) is 0 Å². The van der Waals surface area contributed by atoms with E-state index >= 15 is 4.39 Å². The Hall–Kier alpha value is -3.58. The zero-order chi connectivity index (χ0) is 26.2. The third-order valence-electron chi connectivity index (χ3n) is 5.46. The minimum Gasteiger partial charge on any atom is -0.264 e. The van der Waals surface area contributed by atoms with Crippen molar-refractivity contribution < 1.29 is 17.6 Å². The van der Waals surface area contributed by atoms with E-state index in [4.69, 9.17) is 21.0 Å². The van der Waals surface area contributed by atoms with Crippen molar-refractivity contribution in [1.29, 1.82) is 31.6 Å². The molecule has 0 bridgehead atoms. The first kappa shape index (κ1) is 27.7. The molecule has 16 heteroatoms. The summed E-state index contributed by atoms with van der Waals surface area (Å²) in [5.41, 5.74) is 0. The molecule has 3 unspecified atom stereocenters. The molecule has 0 aromatic rings. The van der Waals surface area contributed by atoms with Crippen LogP contribution in [0.4, 0.5) is 17.6 Å². The third-order valence-corrected chi connectivity index (χ3v) is 5.46. The summed E-state index contributed by atoms with van der Waals surface area (Å²) in [5, 5.41) is 55.9. The summed E-state index contributed by atoms with van der Waals surface area (Å²) in [7, 11) is 0. The summed E-state index contributed by atoms with van der Waals surface area (Å²) in [5.74, 6) is 0. The molecule has 0 radical (unpaired) electrons. The van der Waals surface area contributed by atoms with E-state index in [9.17, 15) is 23.7 Å². The zero-order valence-electron chi connectivity index (χ0n) is 18.3. The fourth-order valence-electron chi connectivity index (χ4n) is 4.13. The molecular weight excluding hydrogens is 472 g/mol. The van der Waals surface area contributed by atoms with Crippen LogP contribution in [0.3, 0.4) is 0 Å². The van der Waals surface area contributed by atoms with Gasteiger partial charge in [0.1, 0.15) is 12.1 Å². The highest BCUT2D eigenvalue weighted by Gasteiger charge is 2.52. The lowest BCUT2D eigenvalue weighted by Crippen LogP contribution is -2.70. The molecule has 0 saturated carbocycles. The summed E-state index contributed by atoms with van der Waals surface area (Å²) in [6.45, 7) is -3.35. The molecule has 184 valence electrons. The number of hydrogen-bond acceptors (Lipinski definition) is 12. The van der Waals surface area contributed by atoms with Crippen LogP contribution in [-0.2, 0) is 0 Å². The average molecular weight is 492 g/mol. The molecule has 2 rings (SSSR count). The molecule has 0 amide bonds. The molecule has 2 fully saturated rings. The molecule has 2 aliphatic rings. The van der Waals surface area contributed by atoms with E-state index in [0.29, 0.717) is 9.80 Å². The van der Waals surface area contributed by atoms with Gasteiger partial charge < -0.3 is 0 Å². The maximum absolute atomic E-state index is 15.3. The predicted molar refractivity (Wildman–Crippen MR) is 106 cm³/mol. The number of hydrogen-bond donors (Lipinski definition) is 0. The van der Waals surface area contributed by atoms with E-state index in [0.717, 1.165) is 14.7 Å². The summed E-state index contributed by atoms with van der Waals surface area (Å²) in [6.07, 6.45) is -9.06. The van der Waals surface area contributed by atoms with Gasteiger partial charge >= 0.3 is 6.18 Å². The highest BCUT2D eigenvalue weighted by Crippen LogP contribution is 2.32. The second kappa shape index (κ2) is 12.2. The lowest BCUT2D eigenvalue weighted by Gasteiger charge is -2.50. The molecule has 0 N–H and O–H groups in total. The molecule has 2 saturated heterocycles. The van der Waals surface area contributed by atoms with Gasteiger partial charge in [0.15, 0.2) is 6.17 Å². The maximum Gasteiger partial charge on any atom is 0.417 e. The summed E-state index contributed by atoms with van der Waals surface area (Å²) in [6, 6.07) is 7.60. The summed E-state index contributed by atoms with van der Waals surface area (Å²) >= 11 is 0. The Morgan fingerprint density at radius 2 is 1.17 bits per heavy atom. The van der Waals surface area contributed by atoms with Gasteiger partial charge in [-0.1, -0.05) is 0 Å². The lowest BCUT2D eigenvalue weighted by atomic mass is 10.1. The maximum atomic E-state index is 15.3. The monoisotopic (exact) mass is 492 g/mol. The smallest absolute Gasteiger partial charge is 0.264 e. The summed E-state index contributed by atoms with van der Waals surface area (Å²) in [4.78, 5) is 6.02. The van der Waals surface area contributed by atoms with Gasteiger partial charge in [-0.05, 0) is 0 Å². The Labute approximate surface area is 199 Å². The Morgan fingerprint density at radius 1 is 0.686 bits per heavy atom. The zero-order valence-corrected chi connectivity index (χ0v) is 18.3. The first-order valence-electron chi connectivity index (χ1n) is 10.1. The van der Waals surface area contributed by atoms with Crippen LogP contribution in [0.15, 0.2) is 0 Å². The van der Waals surface area contributed by atoms with E-state index < -0.39 is 57.3 Å². The number of nitriles is 6. The third kappa shape index (κ3) is 6.31. The molecule has 0 aromatic carbocycles. The second-order valence-corrected chi connectivity index (χ2v) is 7.74. The van der Waals surface area contributed by atoms with E-state index in [2.05, 4.69) is 0 Å². The van der Waals surface area contributed by atoms with E-state index in [-0.39, 0.29) is 26.4 Å². The molecular formula is C19H20F4N12. The topological polar surface area (TPSA) is 162 Å². The fourth-order valence-corrected chi connectivity index (χ4v) is 4.13. The highest BCUT2D eigenvalue weighted by atomic mass is 19.4. The fraction of sp³-hybridized carbons (Fsp3) is 0.684.